The van der Waals surface area contributed by atoms with Crippen molar-refractivity contribution in [2.45, 2.75) is 25.9 Å². The van der Waals surface area contributed by atoms with Crippen molar-refractivity contribution in [3.8, 4) is 5.82 Å². The summed E-state index contributed by atoms with van der Waals surface area (Å²) in [5.74, 6) is -2.91. The molecule has 8 nitrogen and oxygen atoms in total. The van der Waals surface area contributed by atoms with E-state index in [9.17, 15) is 13.6 Å². The smallest absolute Gasteiger partial charge is 0.303 e. The Balaban J connectivity index is 1.80. The lowest BCUT2D eigenvalue weighted by Gasteiger charge is -2.39. The van der Waals surface area contributed by atoms with E-state index in [1.54, 1.807) is 42.3 Å². The minimum absolute atomic E-state index is 0.0534. The highest BCUT2D eigenvalue weighted by atomic mass is 19.3. The number of anilines is 2. The molecule has 0 unspecified atom stereocenters. The Morgan fingerprint density at radius 2 is 2.00 bits per heavy atom. The number of aromatic nitrogens is 4. The van der Waals surface area contributed by atoms with Crippen LogP contribution in [0.5, 0.6) is 0 Å². The van der Waals surface area contributed by atoms with E-state index in [4.69, 9.17) is 4.74 Å². The molecule has 29 heavy (non-hydrogen) atoms. The second-order valence-corrected chi connectivity index (χ2v) is 7.05. The highest BCUT2D eigenvalue weighted by Crippen LogP contribution is 2.30. The summed E-state index contributed by atoms with van der Waals surface area (Å²) in [4.78, 5) is 25.5. The van der Waals surface area contributed by atoms with Crippen LogP contribution in [0, 0.1) is 0 Å². The molecule has 0 spiro atoms. The molecule has 0 saturated carbocycles. The summed E-state index contributed by atoms with van der Waals surface area (Å²) in [6.45, 7) is 3.31. The normalized spacial score (nSPS) is 14.9. The summed E-state index contributed by atoms with van der Waals surface area (Å²) >= 11 is 0. The first-order valence-electron chi connectivity index (χ1n) is 9.05. The first-order chi connectivity index (χ1) is 13.7. The van der Waals surface area contributed by atoms with Crippen molar-refractivity contribution in [3.05, 3.63) is 36.4 Å². The molecule has 1 fully saturated rings. The van der Waals surface area contributed by atoms with Crippen molar-refractivity contribution < 1.29 is 18.3 Å². The summed E-state index contributed by atoms with van der Waals surface area (Å²) < 4.78 is 35.1. The van der Waals surface area contributed by atoms with E-state index in [2.05, 4.69) is 20.3 Å². The monoisotopic (exact) mass is 402 g/mol. The molecular weight excluding hydrogens is 382 g/mol. The molecule has 3 aromatic heterocycles. The van der Waals surface area contributed by atoms with Crippen LogP contribution in [0.15, 0.2) is 30.6 Å². The fourth-order valence-electron chi connectivity index (χ4n) is 3.15. The van der Waals surface area contributed by atoms with E-state index in [0.29, 0.717) is 36.1 Å². The number of methoxy groups -OCH3 is 1. The topological polar surface area (TPSA) is 85.2 Å². The molecule has 0 bridgehead atoms. The van der Waals surface area contributed by atoms with Crippen LogP contribution in [-0.2, 0) is 15.5 Å². The first kappa shape index (κ1) is 19.2. The number of ether oxygens (including phenoxy) is 1. The third-order valence-electron chi connectivity index (χ3n) is 4.72. The third kappa shape index (κ3) is 3.75. The van der Waals surface area contributed by atoms with Gasteiger partial charge in [0.25, 0.3) is 0 Å². The summed E-state index contributed by atoms with van der Waals surface area (Å²) in [7, 11) is 1.62. The number of fused-ring (bicyclic) bond motifs is 1. The van der Waals surface area contributed by atoms with E-state index >= 15 is 0 Å². The maximum absolute atomic E-state index is 14.1. The first-order valence-corrected chi connectivity index (χ1v) is 9.05. The van der Waals surface area contributed by atoms with Gasteiger partial charge in [0.1, 0.15) is 17.5 Å². The summed E-state index contributed by atoms with van der Waals surface area (Å²) in [6.07, 6.45) is 3.38. The van der Waals surface area contributed by atoms with Crippen molar-refractivity contribution in [2.75, 3.05) is 30.4 Å². The Kier molecular flexibility index (Phi) is 4.65. The van der Waals surface area contributed by atoms with E-state index in [-0.39, 0.29) is 12.0 Å². The van der Waals surface area contributed by atoms with Crippen LogP contribution in [0.1, 0.15) is 19.7 Å². The Bertz CT molecular complexity index is 1070. The van der Waals surface area contributed by atoms with Crippen LogP contribution in [0.25, 0.3) is 16.7 Å². The van der Waals surface area contributed by atoms with Gasteiger partial charge in [-0.15, -0.1) is 0 Å². The van der Waals surface area contributed by atoms with E-state index in [1.165, 1.54) is 6.92 Å². The predicted molar refractivity (Wildman–Crippen MR) is 104 cm³/mol. The number of nitrogens with one attached hydrogen (secondary N) is 1. The predicted octanol–water partition coefficient (Wildman–Crippen LogP) is 2.72. The van der Waals surface area contributed by atoms with Crippen molar-refractivity contribution in [2.24, 2.45) is 0 Å². The lowest BCUT2D eigenvalue weighted by molar-refractivity contribution is -0.114. The molecule has 1 saturated heterocycles. The number of hydrogen-bond donors (Lipinski definition) is 1. The molecule has 1 aliphatic heterocycles. The molecule has 0 aliphatic carbocycles. The number of rotatable bonds is 5. The SMILES string of the molecule is COC1CN(c2cc(-n3ccc4cnc(NC(C)=O)cc43)nc(C(C)(F)F)n2)C1. The van der Waals surface area contributed by atoms with E-state index < -0.39 is 11.7 Å². The quantitative estimate of drug-likeness (QED) is 0.706. The van der Waals surface area contributed by atoms with Gasteiger partial charge in [-0.3, -0.25) is 4.79 Å². The van der Waals surface area contributed by atoms with Crippen molar-refractivity contribution in [3.63, 3.8) is 0 Å². The summed E-state index contributed by atoms with van der Waals surface area (Å²) in [6, 6.07) is 5.14. The van der Waals surface area contributed by atoms with Gasteiger partial charge in [-0.25, -0.2) is 15.0 Å². The second kappa shape index (κ2) is 7.03. The zero-order chi connectivity index (χ0) is 20.8. The number of nitrogens with zero attached hydrogens (tertiary/aromatic N) is 5. The molecule has 3 aromatic rings. The fraction of sp³-hybridized carbons (Fsp3) is 0.368. The minimum atomic E-state index is -3.19. The minimum Gasteiger partial charge on any atom is -0.378 e. The van der Waals surface area contributed by atoms with Crippen LogP contribution in [-0.4, -0.2) is 51.7 Å². The van der Waals surface area contributed by atoms with Gasteiger partial charge < -0.3 is 19.5 Å². The fourth-order valence-corrected chi connectivity index (χ4v) is 3.15. The molecule has 1 amide bonds. The van der Waals surface area contributed by atoms with Gasteiger partial charge in [-0.1, -0.05) is 0 Å². The highest BCUT2D eigenvalue weighted by Gasteiger charge is 2.33. The number of alkyl halides is 2. The number of carbonyl (C=O) groups excluding carboxylic acids is 1. The average molecular weight is 402 g/mol. The molecule has 1 N–H and O–H groups in total. The maximum Gasteiger partial charge on any atom is 0.303 e. The largest absolute Gasteiger partial charge is 0.378 e. The molecule has 0 radical (unpaired) electrons. The summed E-state index contributed by atoms with van der Waals surface area (Å²) in [5.41, 5.74) is 0.678. The van der Waals surface area contributed by atoms with E-state index in [0.717, 1.165) is 12.3 Å². The van der Waals surface area contributed by atoms with Crippen LogP contribution >= 0.6 is 0 Å². The van der Waals surface area contributed by atoms with Gasteiger partial charge in [0, 0.05) is 64.0 Å². The maximum atomic E-state index is 14.1. The van der Waals surface area contributed by atoms with Gasteiger partial charge in [-0.05, 0) is 6.07 Å². The van der Waals surface area contributed by atoms with Gasteiger partial charge in [0.05, 0.1) is 11.6 Å². The number of pyridine rings is 1. The van der Waals surface area contributed by atoms with Crippen molar-refractivity contribution >= 4 is 28.4 Å². The molecule has 0 aromatic carbocycles. The van der Waals surface area contributed by atoms with Crippen molar-refractivity contribution in [1.29, 1.82) is 0 Å². The third-order valence-corrected chi connectivity index (χ3v) is 4.72. The molecule has 0 atom stereocenters. The number of carbonyl (C=O) groups is 1. The Labute approximate surface area is 165 Å². The lowest BCUT2D eigenvalue weighted by atomic mass is 10.1. The number of amides is 1. The van der Waals surface area contributed by atoms with Crippen molar-refractivity contribution in [1.82, 2.24) is 19.5 Å². The molecule has 1 aliphatic rings. The highest BCUT2D eigenvalue weighted by molar-refractivity contribution is 5.91. The Morgan fingerprint density at radius 1 is 1.28 bits per heavy atom. The number of hydrogen-bond acceptors (Lipinski definition) is 6. The van der Waals surface area contributed by atoms with Crippen LogP contribution in [0.4, 0.5) is 20.4 Å². The summed E-state index contributed by atoms with van der Waals surface area (Å²) in [5, 5.41) is 3.41. The van der Waals surface area contributed by atoms with Crippen LogP contribution < -0.4 is 10.2 Å². The average Bonchev–Trinajstić information content (AvgIpc) is 3.02. The van der Waals surface area contributed by atoms with Crippen LogP contribution in [0.3, 0.4) is 0 Å². The van der Waals surface area contributed by atoms with Gasteiger partial charge in [0.15, 0.2) is 0 Å². The molecule has 4 heterocycles. The zero-order valence-electron chi connectivity index (χ0n) is 16.2. The zero-order valence-corrected chi connectivity index (χ0v) is 16.2. The lowest BCUT2D eigenvalue weighted by Crippen LogP contribution is -2.52. The van der Waals surface area contributed by atoms with Gasteiger partial charge in [-0.2, -0.15) is 8.78 Å². The molecule has 152 valence electrons. The number of halogens is 2. The molecule has 10 heteroatoms. The van der Waals surface area contributed by atoms with E-state index in [1.807, 2.05) is 4.90 Å². The molecule has 4 rings (SSSR count). The van der Waals surface area contributed by atoms with Gasteiger partial charge in [0.2, 0.25) is 11.7 Å². The van der Waals surface area contributed by atoms with Crippen LogP contribution in [0.2, 0.25) is 0 Å². The Hall–Kier alpha value is -3.14. The second-order valence-electron chi connectivity index (χ2n) is 7.05. The van der Waals surface area contributed by atoms with Gasteiger partial charge >= 0.3 is 5.92 Å². The molecular formula is C19H20F2N6O2. The Morgan fingerprint density at radius 3 is 2.66 bits per heavy atom. The standard InChI is InChI=1S/C19H20F2N6O2/c1-11(28)23-15-6-14-12(8-22-15)4-5-27(14)17-7-16(26-9-13(10-26)29-3)24-18(25-17)19(2,20)21/h4-8,13H,9-10H2,1-3H3,(H,22,23,28).